The van der Waals surface area contributed by atoms with Crippen molar-refractivity contribution in [1.29, 1.82) is 0 Å². The van der Waals surface area contributed by atoms with Crippen LogP contribution < -0.4 is 0 Å². The van der Waals surface area contributed by atoms with E-state index in [0.29, 0.717) is 6.61 Å². The van der Waals surface area contributed by atoms with E-state index >= 15 is 0 Å². The molecule has 0 aromatic carbocycles. The first-order valence-electron chi connectivity index (χ1n) is 6.06. The van der Waals surface area contributed by atoms with Crippen LogP contribution in [0.5, 0.6) is 0 Å². The van der Waals surface area contributed by atoms with Crippen molar-refractivity contribution < 1.29 is 14.3 Å². The van der Waals surface area contributed by atoms with Gasteiger partial charge in [-0.05, 0) is 6.42 Å². The van der Waals surface area contributed by atoms with Crippen molar-refractivity contribution in [2.24, 2.45) is 4.99 Å². The Labute approximate surface area is 97.1 Å². The smallest absolute Gasteiger partial charge is 0.444 e. The fraction of sp³-hybridized carbons (Fsp3) is 0.833. The van der Waals surface area contributed by atoms with Crippen LogP contribution in [0, 0.1) is 0 Å². The first kappa shape index (κ1) is 14.8. The molecule has 0 heterocycles. The highest BCUT2D eigenvalue weighted by molar-refractivity contribution is 5.74. The second-order valence-corrected chi connectivity index (χ2v) is 3.79. The minimum absolute atomic E-state index is 0.346. The molecule has 0 aliphatic rings. The summed E-state index contributed by atoms with van der Waals surface area (Å²) in [6.45, 7) is 2.55. The van der Waals surface area contributed by atoms with Crippen LogP contribution in [-0.4, -0.2) is 18.8 Å². The Kier molecular flexibility index (Phi) is 11.1. The zero-order valence-corrected chi connectivity index (χ0v) is 10.0. The van der Waals surface area contributed by atoms with Crippen LogP contribution in [0.4, 0.5) is 4.79 Å². The minimum Gasteiger partial charge on any atom is -0.447 e. The van der Waals surface area contributed by atoms with Gasteiger partial charge in [-0.1, -0.05) is 56.9 Å². The van der Waals surface area contributed by atoms with Gasteiger partial charge in [-0.15, -0.1) is 0 Å². The van der Waals surface area contributed by atoms with Crippen LogP contribution in [0.25, 0.3) is 0 Å². The Balaban J connectivity index is 3.09. The molecule has 0 bridgehead atoms. The predicted molar refractivity (Wildman–Crippen MR) is 62.1 cm³/mol. The lowest BCUT2D eigenvalue weighted by atomic mass is 10.1. The van der Waals surface area contributed by atoms with Gasteiger partial charge in [-0.3, -0.25) is 0 Å². The first-order valence-corrected chi connectivity index (χ1v) is 6.06. The van der Waals surface area contributed by atoms with Crippen molar-refractivity contribution in [2.45, 2.75) is 58.3 Å². The summed E-state index contributed by atoms with van der Waals surface area (Å²) in [6.07, 6.45) is 9.85. The summed E-state index contributed by atoms with van der Waals surface area (Å²) in [5.41, 5.74) is 0. The molecule has 0 aromatic heterocycles. The third-order valence-electron chi connectivity index (χ3n) is 2.36. The second kappa shape index (κ2) is 11.9. The van der Waals surface area contributed by atoms with Crippen molar-refractivity contribution in [1.82, 2.24) is 0 Å². The fourth-order valence-corrected chi connectivity index (χ4v) is 1.46. The SMILES string of the molecule is CCCCCCCCCCOC(=O)N=C=O. The van der Waals surface area contributed by atoms with Crippen LogP contribution in [0.3, 0.4) is 0 Å². The standard InChI is InChI=1S/C12H21NO3/c1-2-3-4-5-6-7-8-9-10-16-12(15)13-11-14/h2-10H2,1H3. The highest BCUT2D eigenvalue weighted by Crippen LogP contribution is 2.08. The van der Waals surface area contributed by atoms with Gasteiger partial charge < -0.3 is 4.74 Å². The summed E-state index contributed by atoms with van der Waals surface area (Å²) in [5, 5.41) is 0. The van der Waals surface area contributed by atoms with Gasteiger partial charge in [-0.2, -0.15) is 0 Å². The molecule has 4 nitrogen and oxygen atoms in total. The Morgan fingerprint density at radius 3 is 2.19 bits per heavy atom. The number of hydrogen-bond donors (Lipinski definition) is 0. The fourth-order valence-electron chi connectivity index (χ4n) is 1.46. The molecule has 0 fully saturated rings. The van der Waals surface area contributed by atoms with Crippen molar-refractivity contribution in [3.05, 3.63) is 0 Å². The number of carbonyl (C=O) groups excluding carboxylic acids is 2. The monoisotopic (exact) mass is 227 g/mol. The number of rotatable bonds is 9. The zero-order chi connectivity index (χ0) is 12.1. The summed E-state index contributed by atoms with van der Waals surface area (Å²) in [5.74, 6) is 0. The van der Waals surface area contributed by atoms with E-state index in [4.69, 9.17) is 0 Å². The number of carbonyl (C=O) groups is 1. The van der Waals surface area contributed by atoms with Crippen molar-refractivity contribution in [3.8, 4) is 0 Å². The minimum atomic E-state index is -0.835. The molecule has 0 atom stereocenters. The van der Waals surface area contributed by atoms with E-state index < -0.39 is 6.09 Å². The third kappa shape index (κ3) is 10.9. The number of unbranched alkanes of at least 4 members (excludes halogenated alkanes) is 7. The maximum Gasteiger partial charge on any atom is 0.444 e. The molecule has 1 amide bonds. The van der Waals surface area contributed by atoms with Gasteiger partial charge >= 0.3 is 6.09 Å². The van der Waals surface area contributed by atoms with Gasteiger partial charge in [0.25, 0.3) is 0 Å². The zero-order valence-electron chi connectivity index (χ0n) is 10.0. The summed E-state index contributed by atoms with van der Waals surface area (Å²) in [7, 11) is 0. The summed E-state index contributed by atoms with van der Waals surface area (Å²) in [6, 6.07) is 0. The first-order chi connectivity index (χ1) is 7.81. The van der Waals surface area contributed by atoms with E-state index in [-0.39, 0.29) is 0 Å². The topological polar surface area (TPSA) is 55.7 Å². The van der Waals surface area contributed by atoms with Crippen molar-refractivity contribution in [2.75, 3.05) is 6.61 Å². The van der Waals surface area contributed by atoms with Crippen LogP contribution in [-0.2, 0) is 9.53 Å². The Morgan fingerprint density at radius 1 is 1.06 bits per heavy atom. The summed E-state index contributed by atoms with van der Waals surface area (Å²) < 4.78 is 4.66. The highest BCUT2D eigenvalue weighted by Gasteiger charge is 1.97. The van der Waals surface area contributed by atoms with Gasteiger partial charge in [-0.25, -0.2) is 9.59 Å². The molecule has 0 aliphatic heterocycles. The van der Waals surface area contributed by atoms with Crippen LogP contribution in [0.1, 0.15) is 58.3 Å². The number of ether oxygens (including phenoxy) is 1. The number of nitrogens with zero attached hydrogens (tertiary/aromatic N) is 1. The van der Waals surface area contributed by atoms with Gasteiger partial charge in [0.1, 0.15) is 0 Å². The molecule has 0 saturated carbocycles. The lowest BCUT2D eigenvalue weighted by molar-refractivity contribution is 0.155. The molecule has 0 saturated heterocycles. The van der Waals surface area contributed by atoms with E-state index in [0.717, 1.165) is 18.9 Å². The van der Waals surface area contributed by atoms with Crippen LogP contribution >= 0.6 is 0 Å². The normalized spacial score (nSPS) is 9.56. The molecule has 0 unspecified atom stereocenters. The second-order valence-electron chi connectivity index (χ2n) is 3.79. The summed E-state index contributed by atoms with van der Waals surface area (Å²) >= 11 is 0. The molecule has 4 heteroatoms. The number of aliphatic imine (C=N–C) groups is 1. The van der Waals surface area contributed by atoms with Gasteiger partial charge in [0.15, 0.2) is 0 Å². The van der Waals surface area contributed by atoms with E-state index in [1.54, 1.807) is 0 Å². The maximum absolute atomic E-state index is 10.6. The Hall–Kier alpha value is -1.15. The quantitative estimate of drug-likeness (QED) is 0.343. The third-order valence-corrected chi connectivity index (χ3v) is 2.36. The molecule has 92 valence electrons. The number of hydrogen-bond acceptors (Lipinski definition) is 3. The molecule has 0 N–H and O–H groups in total. The molecular formula is C12H21NO3. The summed E-state index contributed by atoms with van der Waals surface area (Å²) in [4.78, 5) is 23.1. The predicted octanol–water partition coefficient (Wildman–Crippen LogP) is 3.60. The molecule has 0 radical (unpaired) electrons. The van der Waals surface area contributed by atoms with E-state index in [1.165, 1.54) is 38.5 Å². The molecule has 0 aromatic rings. The Bertz CT molecular complexity index is 222. The molecule has 0 aliphatic carbocycles. The van der Waals surface area contributed by atoms with Gasteiger partial charge in [0.05, 0.1) is 6.61 Å². The van der Waals surface area contributed by atoms with Crippen molar-refractivity contribution >= 4 is 12.2 Å². The number of isocyanates is 1. The average Bonchev–Trinajstić information content (AvgIpc) is 2.27. The van der Waals surface area contributed by atoms with Crippen LogP contribution in [0.15, 0.2) is 4.99 Å². The molecule has 0 rings (SSSR count). The highest BCUT2D eigenvalue weighted by atomic mass is 16.5. The van der Waals surface area contributed by atoms with E-state index in [2.05, 4.69) is 16.7 Å². The average molecular weight is 227 g/mol. The Morgan fingerprint density at radius 2 is 1.62 bits per heavy atom. The van der Waals surface area contributed by atoms with Crippen molar-refractivity contribution in [3.63, 3.8) is 0 Å². The lowest BCUT2D eigenvalue weighted by Crippen LogP contribution is -2.00. The van der Waals surface area contributed by atoms with E-state index in [1.807, 2.05) is 0 Å². The van der Waals surface area contributed by atoms with Gasteiger partial charge in [0, 0.05) is 0 Å². The van der Waals surface area contributed by atoms with E-state index in [9.17, 15) is 9.59 Å². The van der Waals surface area contributed by atoms with Gasteiger partial charge in [0.2, 0.25) is 6.08 Å². The number of amides is 1. The van der Waals surface area contributed by atoms with Crippen LogP contribution in [0.2, 0.25) is 0 Å². The molecule has 16 heavy (non-hydrogen) atoms. The maximum atomic E-state index is 10.6. The molecular weight excluding hydrogens is 206 g/mol. The molecule has 0 spiro atoms. The largest absolute Gasteiger partial charge is 0.447 e. The lowest BCUT2D eigenvalue weighted by Gasteiger charge is -2.01.